The molecule has 0 saturated heterocycles. The molecule has 2 aromatic heterocycles. The van der Waals surface area contributed by atoms with Crippen molar-refractivity contribution in [3.8, 4) is 5.82 Å². The lowest BCUT2D eigenvalue weighted by atomic mass is 10.2. The summed E-state index contributed by atoms with van der Waals surface area (Å²) in [6, 6.07) is 9.71. The molecule has 3 rings (SSSR count). The third kappa shape index (κ3) is 4.00. The molecule has 1 atom stereocenters. The fourth-order valence-electron chi connectivity index (χ4n) is 2.78. The Morgan fingerprint density at radius 1 is 1.11 bits per heavy atom. The van der Waals surface area contributed by atoms with Gasteiger partial charge in [-0.25, -0.2) is 9.36 Å². The molecular formula is C19H20BrN5O2. The average Bonchev–Trinajstić information content (AvgIpc) is 2.95. The van der Waals surface area contributed by atoms with Crippen LogP contribution in [0.4, 0.5) is 5.69 Å². The summed E-state index contributed by atoms with van der Waals surface area (Å²) in [7, 11) is 0. The third-order valence-electron chi connectivity index (χ3n) is 4.23. The maximum atomic E-state index is 12.7. The molecule has 1 aromatic carbocycles. The molecule has 7 nitrogen and oxygen atoms in total. The molecule has 27 heavy (non-hydrogen) atoms. The third-order valence-corrected chi connectivity index (χ3v) is 4.72. The molecule has 0 fully saturated rings. The first-order chi connectivity index (χ1) is 12.8. The zero-order valence-electron chi connectivity index (χ0n) is 15.5. The Morgan fingerprint density at radius 2 is 1.85 bits per heavy atom. The Morgan fingerprint density at radius 3 is 2.48 bits per heavy atom. The Kier molecular flexibility index (Phi) is 5.27. The van der Waals surface area contributed by atoms with Crippen molar-refractivity contribution in [1.82, 2.24) is 19.6 Å². The molecule has 1 unspecified atom stereocenters. The second-order valence-electron chi connectivity index (χ2n) is 6.44. The smallest absolute Gasteiger partial charge is 0.267 e. The number of benzene rings is 1. The van der Waals surface area contributed by atoms with Crippen molar-refractivity contribution in [3.63, 3.8) is 0 Å². The van der Waals surface area contributed by atoms with Gasteiger partial charge < -0.3 is 5.32 Å². The predicted molar refractivity (Wildman–Crippen MR) is 107 cm³/mol. The van der Waals surface area contributed by atoms with Gasteiger partial charge in [0.25, 0.3) is 5.56 Å². The van der Waals surface area contributed by atoms with E-state index in [2.05, 4.69) is 31.4 Å². The number of aromatic nitrogens is 4. The maximum Gasteiger partial charge on any atom is 0.267 e. The van der Waals surface area contributed by atoms with Crippen LogP contribution in [0, 0.1) is 20.8 Å². The summed E-state index contributed by atoms with van der Waals surface area (Å²) in [5.74, 6) is 0.167. The minimum absolute atomic E-state index is 0.319. The first-order valence-corrected chi connectivity index (χ1v) is 9.26. The molecule has 1 N–H and O–H groups in total. The topological polar surface area (TPSA) is 81.8 Å². The molecule has 0 aliphatic carbocycles. The number of amides is 1. The summed E-state index contributed by atoms with van der Waals surface area (Å²) in [5.41, 5.74) is 3.01. The first-order valence-electron chi connectivity index (χ1n) is 8.47. The van der Waals surface area contributed by atoms with E-state index in [4.69, 9.17) is 0 Å². The highest BCUT2D eigenvalue weighted by Crippen LogP contribution is 2.21. The van der Waals surface area contributed by atoms with Gasteiger partial charge in [0.2, 0.25) is 5.91 Å². The molecule has 2 heterocycles. The van der Waals surface area contributed by atoms with E-state index in [1.54, 1.807) is 17.7 Å². The number of halogens is 1. The van der Waals surface area contributed by atoms with Crippen molar-refractivity contribution >= 4 is 27.5 Å². The number of carbonyl (C=O) groups excluding carboxylic acids is 1. The van der Waals surface area contributed by atoms with Crippen LogP contribution in [0.2, 0.25) is 0 Å². The molecule has 8 heteroatoms. The van der Waals surface area contributed by atoms with Crippen LogP contribution in [0.15, 0.2) is 45.7 Å². The van der Waals surface area contributed by atoms with Crippen LogP contribution in [-0.4, -0.2) is 25.5 Å². The predicted octanol–water partition coefficient (Wildman–Crippen LogP) is 3.32. The van der Waals surface area contributed by atoms with Gasteiger partial charge in [-0.1, -0.05) is 15.9 Å². The van der Waals surface area contributed by atoms with Crippen molar-refractivity contribution in [3.05, 3.63) is 68.2 Å². The van der Waals surface area contributed by atoms with Gasteiger partial charge in [-0.15, -0.1) is 5.10 Å². The second-order valence-corrected chi connectivity index (χ2v) is 7.35. The molecule has 140 valence electrons. The van der Waals surface area contributed by atoms with Crippen LogP contribution in [-0.2, 0) is 4.79 Å². The molecule has 0 radical (unpaired) electrons. The monoisotopic (exact) mass is 429 g/mol. The van der Waals surface area contributed by atoms with Gasteiger partial charge in [0.1, 0.15) is 6.04 Å². The van der Waals surface area contributed by atoms with Gasteiger partial charge in [0.05, 0.1) is 5.69 Å². The van der Waals surface area contributed by atoms with Crippen LogP contribution >= 0.6 is 15.9 Å². The Labute approximate surface area is 165 Å². The minimum atomic E-state index is -0.780. The van der Waals surface area contributed by atoms with Crippen LogP contribution in [0.25, 0.3) is 5.82 Å². The highest BCUT2D eigenvalue weighted by molar-refractivity contribution is 9.10. The van der Waals surface area contributed by atoms with E-state index in [9.17, 15) is 9.59 Å². The fourth-order valence-corrected chi connectivity index (χ4v) is 3.26. The van der Waals surface area contributed by atoms with Crippen molar-refractivity contribution < 1.29 is 4.79 Å². The van der Waals surface area contributed by atoms with Gasteiger partial charge in [-0.3, -0.25) is 9.59 Å². The van der Waals surface area contributed by atoms with E-state index < -0.39 is 6.04 Å². The van der Waals surface area contributed by atoms with Gasteiger partial charge in [0, 0.05) is 21.9 Å². The van der Waals surface area contributed by atoms with E-state index in [0.29, 0.717) is 11.5 Å². The number of aryl methyl sites for hydroxylation is 3. The molecule has 0 aliphatic heterocycles. The number of anilines is 1. The molecule has 1 amide bonds. The van der Waals surface area contributed by atoms with Crippen LogP contribution in [0.1, 0.15) is 29.9 Å². The second kappa shape index (κ2) is 7.48. The molecule has 0 saturated carbocycles. The molecule has 0 bridgehead atoms. The normalized spacial score (nSPS) is 12.0. The number of carbonyl (C=O) groups is 1. The lowest BCUT2D eigenvalue weighted by molar-refractivity contribution is -0.119. The molecule has 3 aromatic rings. The zero-order valence-corrected chi connectivity index (χ0v) is 17.1. The number of nitrogens with one attached hydrogen (secondary N) is 1. The van der Waals surface area contributed by atoms with Gasteiger partial charge >= 0.3 is 0 Å². The van der Waals surface area contributed by atoms with Crippen molar-refractivity contribution in [1.29, 1.82) is 0 Å². The highest BCUT2D eigenvalue weighted by atomic mass is 79.9. The summed E-state index contributed by atoms with van der Waals surface area (Å²) in [5, 5.41) is 11.6. The number of nitrogens with zero attached hydrogens (tertiary/aromatic N) is 4. The lowest BCUT2D eigenvalue weighted by Crippen LogP contribution is -2.33. The van der Waals surface area contributed by atoms with Gasteiger partial charge in [-0.05, 0) is 63.6 Å². The van der Waals surface area contributed by atoms with E-state index in [1.165, 1.54) is 10.7 Å². The summed E-state index contributed by atoms with van der Waals surface area (Å²) < 4.78 is 3.76. The highest BCUT2D eigenvalue weighted by Gasteiger charge is 2.19. The van der Waals surface area contributed by atoms with Crippen LogP contribution < -0.4 is 10.9 Å². The standard InChI is InChI=1S/C19H20BrN5O2/c1-11-9-15(20)5-6-16(11)21-19(27)14(4)25-18(26)8-7-17(23-25)24-13(3)10-12(2)22-24/h5-10,14H,1-4H3,(H,21,27). The maximum absolute atomic E-state index is 12.7. The Hall–Kier alpha value is -2.74. The van der Waals surface area contributed by atoms with E-state index in [0.717, 1.165) is 21.4 Å². The van der Waals surface area contributed by atoms with E-state index >= 15 is 0 Å². The van der Waals surface area contributed by atoms with Crippen molar-refractivity contribution in [2.45, 2.75) is 33.7 Å². The Balaban J connectivity index is 1.90. The molecule has 0 spiro atoms. The van der Waals surface area contributed by atoms with E-state index in [1.807, 2.05) is 45.0 Å². The first kappa shape index (κ1) is 19.0. The van der Waals surface area contributed by atoms with Crippen LogP contribution in [0.5, 0.6) is 0 Å². The minimum Gasteiger partial charge on any atom is -0.324 e. The van der Waals surface area contributed by atoms with Crippen LogP contribution in [0.3, 0.4) is 0 Å². The average molecular weight is 430 g/mol. The summed E-state index contributed by atoms with van der Waals surface area (Å²) in [6.07, 6.45) is 0. The number of hydrogen-bond donors (Lipinski definition) is 1. The Bertz CT molecular complexity index is 1070. The van der Waals surface area contributed by atoms with E-state index in [-0.39, 0.29) is 11.5 Å². The number of rotatable bonds is 4. The van der Waals surface area contributed by atoms with Gasteiger partial charge in [0.15, 0.2) is 5.82 Å². The summed E-state index contributed by atoms with van der Waals surface area (Å²) in [4.78, 5) is 25.0. The largest absolute Gasteiger partial charge is 0.324 e. The lowest BCUT2D eigenvalue weighted by Gasteiger charge is -2.16. The quantitative estimate of drug-likeness (QED) is 0.689. The SMILES string of the molecule is Cc1cc(C)n(-c2ccc(=O)n(C(C)C(=O)Nc3ccc(Br)cc3C)n2)n1. The van der Waals surface area contributed by atoms with Crippen molar-refractivity contribution in [2.24, 2.45) is 0 Å². The van der Waals surface area contributed by atoms with Gasteiger partial charge in [-0.2, -0.15) is 5.10 Å². The molecular weight excluding hydrogens is 410 g/mol. The summed E-state index contributed by atoms with van der Waals surface area (Å²) in [6.45, 7) is 7.33. The van der Waals surface area contributed by atoms with Crippen molar-refractivity contribution in [2.75, 3.05) is 5.32 Å². The molecule has 0 aliphatic rings. The zero-order chi connectivity index (χ0) is 19.7. The summed E-state index contributed by atoms with van der Waals surface area (Å²) >= 11 is 3.40. The number of hydrogen-bond acceptors (Lipinski definition) is 4. The fraction of sp³-hybridized carbons (Fsp3) is 0.263.